The highest BCUT2D eigenvalue weighted by molar-refractivity contribution is 7.03. The van der Waals surface area contributed by atoms with E-state index in [9.17, 15) is 0 Å². The minimum absolute atomic E-state index is 0.885. The lowest BCUT2D eigenvalue weighted by atomic mass is 10.0. The van der Waals surface area contributed by atoms with E-state index in [1.165, 1.54) is 21.5 Å². The molecule has 3 heterocycles. The second-order valence-corrected chi connectivity index (χ2v) is 12.2. The Bertz CT molecular complexity index is 1230. The highest BCUT2D eigenvalue weighted by Crippen LogP contribution is 2.32. The molecule has 0 bridgehead atoms. The molecule has 0 saturated heterocycles. The van der Waals surface area contributed by atoms with Crippen LogP contribution in [0.5, 0.6) is 0 Å². The van der Waals surface area contributed by atoms with Crippen LogP contribution in [0.15, 0.2) is 54.7 Å². The van der Waals surface area contributed by atoms with E-state index >= 15 is 0 Å². The Morgan fingerprint density at radius 2 is 1.52 bits per heavy atom. The van der Waals surface area contributed by atoms with Crippen LogP contribution in [0.3, 0.4) is 0 Å². The van der Waals surface area contributed by atoms with Crippen LogP contribution in [-0.4, -0.2) is 23.0 Å². The van der Waals surface area contributed by atoms with Gasteiger partial charge in [0.2, 0.25) is 0 Å². The van der Waals surface area contributed by atoms with E-state index < -0.39 is 8.07 Å². The van der Waals surface area contributed by atoms with Crippen molar-refractivity contribution in [2.45, 2.75) is 26.9 Å². The number of nitrogens with zero attached hydrogens (tertiary/aromatic N) is 3. The fourth-order valence-corrected chi connectivity index (χ4v) is 7.32. The Morgan fingerprint density at radius 1 is 0.778 bits per heavy atom. The standard InChI is InChI=1S/C23H21N3Si/c1-14-15(2)26-23-19(25-14)11-12-24-22(23)16-9-10-18-17-7-5-6-8-20(17)27(3,4)21(18)13-16/h5-13H,1-4H3. The fourth-order valence-electron chi connectivity index (χ4n) is 4.22. The average molecular weight is 368 g/mol. The molecular weight excluding hydrogens is 346 g/mol. The van der Waals surface area contributed by atoms with Gasteiger partial charge in [-0.3, -0.25) is 4.98 Å². The largest absolute Gasteiger partial charge is 0.254 e. The van der Waals surface area contributed by atoms with Gasteiger partial charge in [-0.2, -0.15) is 0 Å². The van der Waals surface area contributed by atoms with Gasteiger partial charge >= 0.3 is 0 Å². The Morgan fingerprint density at radius 3 is 2.37 bits per heavy atom. The van der Waals surface area contributed by atoms with E-state index in [2.05, 4.69) is 60.5 Å². The molecule has 0 amide bonds. The number of hydrogen-bond donors (Lipinski definition) is 0. The summed E-state index contributed by atoms with van der Waals surface area (Å²) in [5.74, 6) is 0. The maximum absolute atomic E-state index is 4.81. The number of aromatic nitrogens is 3. The number of hydrogen-bond acceptors (Lipinski definition) is 3. The fraction of sp³-hybridized carbons (Fsp3) is 0.174. The molecule has 0 saturated carbocycles. The molecule has 4 heteroatoms. The van der Waals surface area contributed by atoms with Crippen molar-refractivity contribution in [3.05, 3.63) is 66.1 Å². The third-order valence-electron chi connectivity index (χ3n) is 5.85. The summed E-state index contributed by atoms with van der Waals surface area (Å²) in [4.78, 5) is 14.2. The zero-order valence-corrected chi connectivity index (χ0v) is 17.0. The zero-order chi connectivity index (χ0) is 18.8. The molecule has 0 N–H and O–H groups in total. The Kier molecular flexibility index (Phi) is 3.37. The number of rotatable bonds is 1. The van der Waals surface area contributed by atoms with Crippen molar-refractivity contribution >= 4 is 29.5 Å². The molecular formula is C23H21N3Si. The molecule has 2 aromatic heterocycles. The molecule has 4 aromatic rings. The highest BCUT2D eigenvalue weighted by Gasteiger charge is 2.37. The summed E-state index contributed by atoms with van der Waals surface area (Å²) in [5.41, 5.74) is 8.55. The quantitative estimate of drug-likeness (QED) is 0.475. The predicted octanol–water partition coefficient (Wildman–Crippen LogP) is 4.11. The maximum Gasteiger partial charge on any atom is 0.115 e. The Hall–Kier alpha value is -2.85. The third kappa shape index (κ3) is 2.30. The second kappa shape index (κ2) is 5.57. The first-order chi connectivity index (χ1) is 13.0. The normalized spacial score (nSPS) is 14.2. The molecule has 2 aromatic carbocycles. The first-order valence-electron chi connectivity index (χ1n) is 9.31. The summed E-state index contributed by atoms with van der Waals surface area (Å²) in [7, 11) is -1.70. The van der Waals surface area contributed by atoms with Gasteiger partial charge in [0.15, 0.2) is 0 Å². The maximum atomic E-state index is 4.81. The topological polar surface area (TPSA) is 38.7 Å². The minimum atomic E-state index is -1.70. The van der Waals surface area contributed by atoms with Gasteiger partial charge < -0.3 is 0 Å². The van der Waals surface area contributed by atoms with E-state index in [1.807, 2.05) is 26.1 Å². The van der Waals surface area contributed by atoms with Crippen LogP contribution in [0, 0.1) is 13.8 Å². The van der Waals surface area contributed by atoms with Gasteiger partial charge in [-0.1, -0.05) is 55.6 Å². The molecule has 0 radical (unpaired) electrons. The smallest absolute Gasteiger partial charge is 0.115 e. The van der Waals surface area contributed by atoms with Gasteiger partial charge in [0.05, 0.1) is 22.6 Å². The van der Waals surface area contributed by atoms with Gasteiger partial charge in [0.25, 0.3) is 0 Å². The molecule has 1 aliphatic heterocycles. The van der Waals surface area contributed by atoms with Gasteiger partial charge in [-0.15, -0.1) is 0 Å². The van der Waals surface area contributed by atoms with Crippen molar-refractivity contribution in [2.24, 2.45) is 0 Å². The Balaban J connectivity index is 1.75. The summed E-state index contributed by atoms with van der Waals surface area (Å²) >= 11 is 0. The minimum Gasteiger partial charge on any atom is -0.254 e. The SMILES string of the molecule is Cc1nc2ccnc(-c3ccc4c(c3)[Si](C)(C)c3ccccc3-4)c2nc1C. The summed E-state index contributed by atoms with van der Waals surface area (Å²) in [6, 6.07) is 17.6. The number of pyridine rings is 1. The van der Waals surface area contributed by atoms with Gasteiger partial charge in [-0.05, 0) is 41.4 Å². The summed E-state index contributed by atoms with van der Waals surface area (Å²) < 4.78 is 0. The van der Waals surface area contributed by atoms with Crippen molar-refractivity contribution in [1.29, 1.82) is 0 Å². The van der Waals surface area contributed by atoms with Crippen LogP contribution >= 0.6 is 0 Å². The predicted molar refractivity (Wildman–Crippen MR) is 114 cm³/mol. The van der Waals surface area contributed by atoms with Crippen LogP contribution in [-0.2, 0) is 0 Å². The van der Waals surface area contributed by atoms with Crippen LogP contribution in [0.25, 0.3) is 33.4 Å². The lowest BCUT2D eigenvalue weighted by molar-refractivity contribution is 1.09. The molecule has 0 aliphatic carbocycles. The monoisotopic (exact) mass is 367 g/mol. The summed E-state index contributed by atoms with van der Waals surface area (Å²) in [6.45, 7) is 8.88. The Labute approximate surface area is 160 Å². The summed E-state index contributed by atoms with van der Waals surface area (Å²) in [5, 5.41) is 3.01. The van der Waals surface area contributed by atoms with Gasteiger partial charge in [-0.25, -0.2) is 9.97 Å². The first-order valence-corrected chi connectivity index (χ1v) is 12.3. The number of fused-ring (bicyclic) bond motifs is 4. The van der Waals surface area contributed by atoms with Gasteiger partial charge in [0, 0.05) is 11.8 Å². The summed E-state index contributed by atoms with van der Waals surface area (Å²) in [6.07, 6.45) is 1.84. The molecule has 0 atom stereocenters. The molecule has 3 nitrogen and oxygen atoms in total. The molecule has 0 fully saturated rings. The van der Waals surface area contributed by atoms with Crippen molar-refractivity contribution in [3.63, 3.8) is 0 Å². The van der Waals surface area contributed by atoms with Crippen molar-refractivity contribution in [1.82, 2.24) is 15.0 Å². The van der Waals surface area contributed by atoms with Crippen molar-refractivity contribution in [3.8, 4) is 22.4 Å². The lowest BCUT2D eigenvalue weighted by Gasteiger charge is -2.19. The molecule has 27 heavy (non-hydrogen) atoms. The highest BCUT2D eigenvalue weighted by atomic mass is 28.3. The second-order valence-electron chi connectivity index (χ2n) is 7.85. The number of benzene rings is 2. The van der Waals surface area contributed by atoms with E-state index in [4.69, 9.17) is 9.97 Å². The molecule has 0 spiro atoms. The molecule has 1 aliphatic rings. The van der Waals surface area contributed by atoms with E-state index in [-0.39, 0.29) is 0 Å². The molecule has 5 rings (SSSR count). The molecule has 0 unspecified atom stereocenters. The first kappa shape index (κ1) is 16.3. The van der Waals surface area contributed by atoms with Crippen molar-refractivity contribution in [2.75, 3.05) is 0 Å². The third-order valence-corrected chi connectivity index (χ3v) is 9.39. The van der Waals surface area contributed by atoms with E-state index in [0.29, 0.717) is 0 Å². The van der Waals surface area contributed by atoms with Crippen LogP contribution in [0.2, 0.25) is 13.1 Å². The van der Waals surface area contributed by atoms with Crippen molar-refractivity contribution < 1.29 is 0 Å². The average Bonchev–Trinajstić information content (AvgIpc) is 2.90. The lowest BCUT2D eigenvalue weighted by Crippen LogP contribution is -2.49. The van der Waals surface area contributed by atoms with Crippen LogP contribution in [0.4, 0.5) is 0 Å². The van der Waals surface area contributed by atoms with Crippen LogP contribution < -0.4 is 10.4 Å². The molecule has 132 valence electrons. The van der Waals surface area contributed by atoms with E-state index in [1.54, 1.807) is 0 Å². The van der Waals surface area contributed by atoms with Crippen LogP contribution in [0.1, 0.15) is 11.4 Å². The van der Waals surface area contributed by atoms with Gasteiger partial charge in [0.1, 0.15) is 13.6 Å². The zero-order valence-electron chi connectivity index (χ0n) is 16.0. The van der Waals surface area contributed by atoms with E-state index in [0.717, 1.165) is 33.7 Å². The number of aryl methyl sites for hydroxylation is 2.